The van der Waals surface area contributed by atoms with E-state index in [4.69, 9.17) is 49.5 Å². The maximum Gasteiger partial charge on any atom is 0.0701 e. The van der Waals surface area contributed by atoms with E-state index in [0.29, 0.717) is 105 Å². The molecule has 0 aromatic carbocycles. The van der Waals surface area contributed by atoms with Crippen molar-refractivity contribution in [3.05, 3.63) is 0 Å². The van der Waals surface area contributed by atoms with Crippen LogP contribution < -0.4 is 0 Å². The van der Waals surface area contributed by atoms with E-state index in [-0.39, 0.29) is 0 Å². The Balaban J connectivity index is 2.98. The summed E-state index contributed by atoms with van der Waals surface area (Å²) in [4.78, 5) is 0. The topological polar surface area (TPSA) is 73.8 Å². The zero-order chi connectivity index (χ0) is 22.5. The molecule has 188 valence electrons. The quantitative estimate of drug-likeness (QED) is 0.127. The molecule has 0 aliphatic rings. The van der Waals surface area contributed by atoms with Crippen molar-refractivity contribution >= 4 is 11.6 Å². The molecular formula is C22H45ClO8. The maximum absolute atomic E-state index is 5.51. The van der Waals surface area contributed by atoms with Crippen molar-refractivity contribution in [2.24, 2.45) is 0 Å². The largest absolute Gasteiger partial charge is 0.379 e. The Bertz CT molecular complexity index is 285. The zero-order valence-corrected chi connectivity index (χ0v) is 20.2. The summed E-state index contributed by atoms with van der Waals surface area (Å²) in [6, 6.07) is 0. The van der Waals surface area contributed by atoms with Crippen LogP contribution in [-0.2, 0) is 37.9 Å². The summed E-state index contributed by atoms with van der Waals surface area (Å²) in [7, 11) is 0. The number of hydrogen-bond acceptors (Lipinski definition) is 8. The molecule has 31 heavy (non-hydrogen) atoms. The summed E-state index contributed by atoms with van der Waals surface area (Å²) in [5, 5.41) is 0. The molecular weight excluding hydrogens is 428 g/mol. The van der Waals surface area contributed by atoms with Crippen molar-refractivity contribution in [1.82, 2.24) is 0 Å². The van der Waals surface area contributed by atoms with Gasteiger partial charge in [-0.25, -0.2) is 0 Å². The van der Waals surface area contributed by atoms with Crippen molar-refractivity contribution in [2.45, 2.75) is 32.6 Å². The predicted molar refractivity (Wildman–Crippen MR) is 121 cm³/mol. The van der Waals surface area contributed by atoms with Crippen molar-refractivity contribution in [3.8, 4) is 0 Å². The van der Waals surface area contributed by atoms with Crippen LogP contribution in [0.4, 0.5) is 0 Å². The average Bonchev–Trinajstić information content (AvgIpc) is 2.78. The fraction of sp³-hybridized carbons (Fsp3) is 1.00. The fourth-order valence-corrected chi connectivity index (χ4v) is 2.44. The fourth-order valence-electron chi connectivity index (χ4n) is 2.33. The van der Waals surface area contributed by atoms with E-state index in [9.17, 15) is 0 Å². The molecule has 0 aromatic heterocycles. The Labute approximate surface area is 194 Å². The number of hydrogen-bond donors (Lipinski definition) is 0. The first-order valence-electron chi connectivity index (χ1n) is 11.6. The van der Waals surface area contributed by atoms with Crippen LogP contribution in [0, 0.1) is 0 Å². The molecule has 0 atom stereocenters. The first-order chi connectivity index (χ1) is 15.4. The molecule has 0 spiro atoms. The molecule has 0 N–H and O–H groups in total. The third kappa shape index (κ3) is 30.0. The van der Waals surface area contributed by atoms with Gasteiger partial charge in [0.2, 0.25) is 0 Å². The Kier molecular flexibility index (Phi) is 29.9. The summed E-state index contributed by atoms with van der Waals surface area (Å²) in [6.07, 6.45) is 4.92. The summed E-state index contributed by atoms with van der Waals surface area (Å²) in [5.74, 6) is 0.507. The van der Waals surface area contributed by atoms with Gasteiger partial charge in [-0.3, -0.25) is 0 Å². The monoisotopic (exact) mass is 472 g/mol. The Morgan fingerprint density at radius 2 is 0.645 bits per heavy atom. The number of halogens is 1. The second kappa shape index (κ2) is 30.0. The van der Waals surface area contributed by atoms with Crippen LogP contribution in [0.5, 0.6) is 0 Å². The van der Waals surface area contributed by atoms with Crippen LogP contribution in [0.15, 0.2) is 0 Å². The Morgan fingerprint density at radius 3 is 0.935 bits per heavy atom. The molecule has 0 heterocycles. The van der Waals surface area contributed by atoms with Gasteiger partial charge in [-0.05, 0) is 6.42 Å². The third-order valence-corrected chi connectivity index (χ3v) is 4.12. The molecule has 9 heteroatoms. The maximum atomic E-state index is 5.51. The smallest absolute Gasteiger partial charge is 0.0701 e. The van der Waals surface area contributed by atoms with Gasteiger partial charge >= 0.3 is 0 Å². The molecule has 0 saturated carbocycles. The lowest BCUT2D eigenvalue weighted by atomic mass is 10.2. The number of ether oxygens (including phenoxy) is 8. The lowest BCUT2D eigenvalue weighted by molar-refractivity contribution is -0.0228. The highest BCUT2D eigenvalue weighted by atomic mass is 35.5. The summed E-state index contributed by atoms with van der Waals surface area (Å²) < 4.78 is 43.2. The van der Waals surface area contributed by atoms with E-state index in [1.807, 2.05) is 0 Å². The van der Waals surface area contributed by atoms with Gasteiger partial charge in [0.25, 0.3) is 0 Å². The molecule has 8 nitrogen and oxygen atoms in total. The highest BCUT2D eigenvalue weighted by Gasteiger charge is 1.95. The number of unbranched alkanes of at least 4 members (excludes halogenated alkanes) is 3. The second-order valence-electron chi connectivity index (χ2n) is 6.65. The normalized spacial score (nSPS) is 11.4. The van der Waals surface area contributed by atoms with E-state index in [1.165, 1.54) is 19.3 Å². The van der Waals surface area contributed by atoms with E-state index >= 15 is 0 Å². The summed E-state index contributed by atoms with van der Waals surface area (Å²) in [5.41, 5.74) is 0. The molecule has 0 aliphatic heterocycles. The van der Waals surface area contributed by atoms with E-state index < -0.39 is 0 Å². The van der Waals surface area contributed by atoms with Gasteiger partial charge in [0.05, 0.1) is 99.1 Å². The van der Waals surface area contributed by atoms with Crippen LogP contribution in [0.3, 0.4) is 0 Å². The van der Waals surface area contributed by atoms with Gasteiger partial charge in [-0.2, -0.15) is 0 Å². The van der Waals surface area contributed by atoms with E-state index in [2.05, 4.69) is 6.92 Å². The standard InChI is InChI=1S/C22H45ClO8/c1-2-3-4-5-7-24-9-11-26-13-15-28-17-19-30-21-22-31-20-18-29-16-14-27-12-10-25-8-6-23/h2-22H2,1H3. The number of rotatable bonds is 28. The second-order valence-corrected chi connectivity index (χ2v) is 7.03. The molecule has 0 fully saturated rings. The van der Waals surface area contributed by atoms with Crippen molar-refractivity contribution in [1.29, 1.82) is 0 Å². The Morgan fingerprint density at radius 1 is 0.355 bits per heavy atom. The molecule has 0 radical (unpaired) electrons. The lowest BCUT2D eigenvalue weighted by Crippen LogP contribution is -2.15. The zero-order valence-electron chi connectivity index (χ0n) is 19.5. The van der Waals surface area contributed by atoms with Gasteiger partial charge in [-0.1, -0.05) is 26.2 Å². The van der Waals surface area contributed by atoms with Gasteiger partial charge in [0.15, 0.2) is 0 Å². The minimum atomic E-state index is 0.507. The summed E-state index contributed by atoms with van der Waals surface area (Å²) in [6.45, 7) is 11.5. The molecule has 0 aliphatic carbocycles. The van der Waals surface area contributed by atoms with Crippen LogP contribution in [0.1, 0.15) is 32.6 Å². The first kappa shape index (κ1) is 31.0. The molecule has 0 aromatic rings. The first-order valence-corrected chi connectivity index (χ1v) is 12.1. The summed E-state index contributed by atoms with van der Waals surface area (Å²) >= 11 is 5.49. The van der Waals surface area contributed by atoms with Gasteiger partial charge in [0.1, 0.15) is 0 Å². The SMILES string of the molecule is CCCCCCOCCOCCOCCOCCOCCOCCOCCOCCCl. The lowest BCUT2D eigenvalue weighted by Gasteiger charge is -2.08. The molecule has 0 amide bonds. The van der Waals surface area contributed by atoms with Crippen LogP contribution in [0.2, 0.25) is 0 Å². The van der Waals surface area contributed by atoms with Gasteiger partial charge in [-0.15, -0.1) is 11.6 Å². The van der Waals surface area contributed by atoms with Crippen molar-refractivity contribution < 1.29 is 37.9 Å². The van der Waals surface area contributed by atoms with Crippen LogP contribution in [-0.4, -0.2) is 112 Å². The van der Waals surface area contributed by atoms with E-state index in [1.54, 1.807) is 0 Å². The predicted octanol–water partition coefficient (Wildman–Crippen LogP) is 2.94. The van der Waals surface area contributed by atoms with Crippen molar-refractivity contribution in [2.75, 3.05) is 112 Å². The average molecular weight is 473 g/mol. The highest BCUT2D eigenvalue weighted by Crippen LogP contribution is 1.98. The minimum Gasteiger partial charge on any atom is -0.379 e. The Hall–Kier alpha value is -0.0300. The van der Waals surface area contributed by atoms with Crippen LogP contribution in [0.25, 0.3) is 0 Å². The van der Waals surface area contributed by atoms with Crippen LogP contribution >= 0.6 is 11.6 Å². The molecule has 0 bridgehead atoms. The molecule has 0 unspecified atom stereocenters. The molecule has 0 saturated heterocycles. The highest BCUT2D eigenvalue weighted by molar-refractivity contribution is 6.17. The van der Waals surface area contributed by atoms with E-state index in [0.717, 1.165) is 13.0 Å². The number of alkyl halides is 1. The minimum absolute atomic E-state index is 0.507. The molecule has 0 rings (SSSR count). The third-order valence-electron chi connectivity index (χ3n) is 3.97. The van der Waals surface area contributed by atoms with Crippen molar-refractivity contribution in [3.63, 3.8) is 0 Å². The van der Waals surface area contributed by atoms with Gasteiger partial charge in [0, 0.05) is 12.5 Å². The van der Waals surface area contributed by atoms with Gasteiger partial charge < -0.3 is 37.9 Å².